The molecule has 156 valence electrons. The molecule has 0 aliphatic carbocycles. The van der Waals surface area contributed by atoms with Gasteiger partial charge in [-0.3, -0.25) is 4.79 Å². The first-order chi connectivity index (χ1) is 13.9. The molecular formula is C23H28BrNO4. The van der Waals surface area contributed by atoms with Gasteiger partial charge >= 0.3 is 5.97 Å². The highest BCUT2D eigenvalue weighted by Crippen LogP contribution is 2.29. The van der Waals surface area contributed by atoms with Crippen LogP contribution in [0.3, 0.4) is 0 Å². The molecule has 29 heavy (non-hydrogen) atoms. The topological polar surface area (TPSA) is 64.6 Å². The molecule has 2 rings (SSSR count). The van der Waals surface area contributed by atoms with E-state index in [9.17, 15) is 9.59 Å². The molecule has 0 aliphatic rings. The van der Waals surface area contributed by atoms with Crippen LogP contribution in [0, 0.1) is 0 Å². The minimum absolute atomic E-state index is 0.123. The van der Waals surface area contributed by atoms with E-state index in [-0.39, 0.29) is 11.9 Å². The van der Waals surface area contributed by atoms with E-state index >= 15 is 0 Å². The minimum Gasteiger partial charge on any atom is -0.492 e. The van der Waals surface area contributed by atoms with Gasteiger partial charge in [0.15, 0.2) is 0 Å². The molecule has 0 saturated heterocycles. The Kier molecular flexibility index (Phi) is 9.19. The van der Waals surface area contributed by atoms with E-state index in [1.807, 2.05) is 13.0 Å². The fraction of sp³-hybridized carbons (Fsp3) is 0.391. The summed E-state index contributed by atoms with van der Waals surface area (Å²) in [6, 6.07) is 12.8. The van der Waals surface area contributed by atoms with Gasteiger partial charge in [-0.25, -0.2) is 4.79 Å². The van der Waals surface area contributed by atoms with Crippen LogP contribution in [0.1, 0.15) is 61.9 Å². The highest BCUT2D eigenvalue weighted by molar-refractivity contribution is 9.10. The SMILES string of the molecule is CCCOC(=O)c1cccc(NC(=O)CCCOc2ccc(C(C)C)cc2Br)c1. The summed E-state index contributed by atoms with van der Waals surface area (Å²) < 4.78 is 11.8. The Morgan fingerprint density at radius 3 is 2.59 bits per heavy atom. The maximum atomic E-state index is 12.2. The van der Waals surface area contributed by atoms with Gasteiger partial charge < -0.3 is 14.8 Å². The van der Waals surface area contributed by atoms with Crippen molar-refractivity contribution in [2.45, 2.75) is 46.0 Å². The summed E-state index contributed by atoms with van der Waals surface area (Å²) in [6.45, 7) is 7.05. The van der Waals surface area contributed by atoms with Gasteiger partial charge in [-0.15, -0.1) is 0 Å². The number of carbonyl (C=O) groups excluding carboxylic acids is 2. The van der Waals surface area contributed by atoms with Crippen LogP contribution in [0.2, 0.25) is 0 Å². The van der Waals surface area contributed by atoms with Crippen LogP contribution in [0.15, 0.2) is 46.9 Å². The molecule has 1 amide bonds. The van der Waals surface area contributed by atoms with Crippen LogP contribution < -0.4 is 10.1 Å². The summed E-state index contributed by atoms with van der Waals surface area (Å²) in [7, 11) is 0. The lowest BCUT2D eigenvalue weighted by Gasteiger charge is -2.11. The van der Waals surface area contributed by atoms with E-state index in [4.69, 9.17) is 9.47 Å². The van der Waals surface area contributed by atoms with Crippen LogP contribution in [0.4, 0.5) is 5.69 Å². The van der Waals surface area contributed by atoms with Crippen LogP contribution in [-0.2, 0) is 9.53 Å². The number of nitrogens with one attached hydrogen (secondary N) is 1. The normalized spacial score (nSPS) is 10.7. The molecule has 0 spiro atoms. The average molecular weight is 462 g/mol. The highest BCUT2D eigenvalue weighted by atomic mass is 79.9. The molecule has 0 radical (unpaired) electrons. The van der Waals surface area contributed by atoms with Gasteiger partial charge in [0.1, 0.15) is 5.75 Å². The van der Waals surface area contributed by atoms with Crippen molar-refractivity contribution in [3.05, 3.63) is 58.1 Å². The maximum Gasteiger partial charge on any atom is 0.338 e. The Bertz CT molecular complexity index is 835. The molecule has 0 aliphatic heterocycles. The van der Waals surface area contributed by atoms with Crippen molar-refractivity contribution < 1.29 is 19.1 Å². The summed E-state index contributed by atoms with van der Waals surface area (Å²) in [5.74, 6) is 0.719. The predicted molar refractivity (Wildman–Crippen MR) is 119 cm³/mol. The maximum absolute atomic E-state index is 12.2. The Morgan fingerprint density at radius 1 is 1.10 bits per heavy atom. The van der Waals surface area contributed by atoms with Gasteiger partial charge in [0.25, 0.3) is 0 Å². The van der Waals surface area contributed by atoms with Gasteiger partial charge in [0.2, 0.25) is 5.91 Å². The second kappa shape index (κ2) is 11.6. The highest BCUT2D eigenvalue weighted by Gasteiger charge is 2.10. The quantitative estimate of drug-likeness (QED) is 0.351. The van der Waals surface area contributed by atoms with Gasteiger partial charge in [0, 0.05) is 12.1 Å². The number of rotatable bonds is 10. The third-order valence-corrected chi connectivity index (χ3v) is 4.87. The van der Waals surface area contributed by atoms with Gasteiger partial charge in [0.05, 0.1) is 23.2 Å². The standard InChI is InChI=1S/C23H28BrNO4/c1-4-12-29-23(27)18-7-5-8-19(14-18)25-22(26)9-6-13-28-21-11-10-17(16(2)3)15-20(21)24/h5,7-8,10-11,14-16H,4,6,9,12-13H2,1-3H3,(H,25,26). The Hall–Kier alpha value is -2.34. The molecule has 0 heterocycles. The molecule has 0 atom stereocenters. The van der Waals surface area contributed by atoms with Crippen molar-refractivity contribution in [2.75, 3.05) is 18.5 Å². The van der Waals surface area contributed by atoms with Crippen LogP contribution in [0.25, 0.3) is 0 Å². The van der Waals surface area contributed by atoms with Gasteiger partial charge in [-0.05, 0) is 70.6 Å². The van der Waals surface area contributed by atoms with Crippen molar-refractivity contribution in [3.63, 3.8) is 0 Å². The number of carbonyl (C=O) groups is 2. The second-order valence-corrected chi connectivity index (χ2v) is 7.92. The summed E-state index contributed by atoms with van der Waals surface area (Å²) in [6.07, 6.45) is 1.68. The largest absolute Gasteiger partial charge is 0.492 e. The van der Waals surface area contributed by atoms with Crippen LogP contribution in [-0.4, -0.2) is 25.1 Å². The van der Waals surface area contributed by atoms with E-state index in [1.54, 1.807) is 24.3 Å². The first-order valence-electron chi connectivity index (χ1n) is 9.90. The number of amides is 1. The smallest absolute Gasteiger partial charge is 0.338 e. The summed E-state index contributed by atoms with van der Waals surface area (Å²) in [5, 5.41) is 2.81. The Morgan fingerprint density at radius 2 is 1.90 bits per heavy atom. The number of benzene rings is 2. The zero-order valence-electron chi connectivity index (χ0n) is 17.2. The lowest BCUT2D eigenvalue weighted by atomic mass is 10.0. The number of hydrogen-bond donors (Lipinski definition) is 1. The molecule has 0 bridgehead atoms. The van der Waals surface area contributed by atoms with E-state index in [1.165, 1.54) is 5.56 Å². The molecule has 6 heteroatoms. The van der Waals surface area contributed by atoms with Crippen molar-refractivity contribution in [1.29, 1.82) is 0 Å². The number of ether oxygens (including phenoxy) is 2. The fourth-order valence-corrected chi connectivity index (χ4v) is 3.14. The Balaban J connectivity index is 1.78. The summed E-state index contributed by atoms with van der Waals surface area (Å²) in [4.78, 5) is 24.1. The molecule has 0 aromatic heterocycles. The van der Waals surface area contributed by atoms with Gasteiger partial charge in [-0.1, -0.05) is 32.9 Å². The molecule has 0 saturated carbocycles. The lowest BCUT2D eigenvalue weighted by molar-refractivity contribution is -0.116. The molecule has 5 nitrogen and oxygen atoms in total. The van der Waals surface area contributed by atoms with Crippen LogP contribution >= 0.6 is 15.9 Å². The summed E-state index contributed by atoms with van der Waals surface area (Å²) >= 11 is 3.53. The van der Waals surface area contributed by atoms with E-state index < -0.39 is 0 Å². The zero-order chi connectivity index (χ0) is 21.2. The molecule has 2 aromatic carbocycles. The van der Waals surface area contributed by atoms with Crippen LogP contribution in [0.5, 0.6) is 5.75 Å². The molecule has 0 fully saturated rings. The monoisotopic (exact) mass is 461 g/mol. The van der Waals surface area contributed by atoms with Gasteiger partial charge in [-0.2, -0.15) is 0 Å². The molecular weight excluding hydrogens is 434 g/mol. The average Bonchev–Trinajstić information content (AvgIpc) is 2.70. The number of anilines is 1. The first kappa shape index (κ1) is 22.9. The number of hydrogen-bond acceptors (Lipinski definition) is 4. The minimum atomic E-state index is -0.384. The molecule has 0 unspecified atom stereocenters. The Labute approximate surface area is 180 Å². The fourth-order valence-electron chi connectivity index (χ4n) is 2.63. The number of halogens is 1. The summed E-state index contributed by atoms with van der Waals surface area (Å²) in [5.41, 5.74) is 2.24. The van der Waals surface area contributed by atoms with Crippen molar-refractivity contribution in [1.82, 2.24) is 0 Å². The molecule has 2 aromatic rings. The van der Waals surface area contributed by atoms with Crippen molar-refractivity contribution in [3.8, 4) is 5.75 Å². The third kappa shape index (κ3) is 7.54. The second-order valence-electron chi connectivity index (χ2n) is 7.06. The predicted octanol–water partition coefficient (Wildman–Crippen LogP) is 5.94. The van der Waals surface area contributed by atoms with E-state index in [0.29, 0.717) is 43.2 Å². The lowest BCUT2D eigenvalue weighted by Crippen LogP contribution is -2.13. The zero-order valence-corrected chi connectivity index (χ0v) is 18.8. The van der Waals surface area contributed by atoms with E-state index in [0.717, 1.165) is 16.6 Å². The third-order valence-electron chi connectivity index (χ3n) is 4.25. The van der Waals surface area contributed by atoms with Crippen molar-refractivity contribution >= 4 is 33.5 Å². The first-order valence-corrected chi connectivity index (χ1v) is 10.7. The molecule has 1 N–H and O–H groups in total. The van der Waals surface area contributed by atoms with E-state index in [2.05, 4.69) is 47.2 Å². The number of esters is 1. The van der Waals surface area contributed by atoms with Crippen molar-refractivity contribution in [2.24, 2.45) is 0 Å².